The van der Waals surface area contributed by atoms with E-state index in [0.29, 0.717) is 29.8 Å². The Kier molecular flexibility index (Phi) is 7.31. The molecule has 0 spiro atoms. The first-order valence-corrected chi connectivity index (χ1v) is 10.8. The van der Waals surface area contributed by atoms with Crippen molar-refractivity contribution >= 4 is 10.9 Å². The van der Waals surface area contributed by atoms with Crippen molar-refractivity contribution in [3.63, 3.8) is 0 Å². The standard InChI is InChI=1S/C27H30N2O2/c1-6-8-9-20(5)18-29-25-15-14-23(31-16-7-2)17-24(25)26(28-27(29)30)22-12-10-21(11-13-22)19(3)4/h2,6,8,10-15,17,19-20H,9,16,18H2,1,3-5H3. The number of rotatable bonds is 8. The third kappa shape index (κ3) is 5.24. The Bertz CT molecular complexity index is 1160. The number of hydrogen-bond donors (Lipinski definition) is 0. The molecule has 0 amide bonds. The van der Waals surface area contributed by atoms with Crippen molar-refractivity contribution in [1.29, 1.82) is 0 Å². The lowest BCUT2D eigenvalue weighted by Crippen LogP contribution is -2.26. The summed E-state index contributed by atoms with van der Waals surface area (Å²) in [5.41, 5.74) is 3.44. The normalized spacial score (nSPS) is 12.4. The summed E-state index contributed by atoms with van der Waals surface area (Å²) in [6.45, 7) is 9.26. The number of allylic oxidation sites excluding steroid dienone is 2. The van der Waals surface area contributed by atoms with Gasteiger partial charge in [0.05, 0.1) is 11.2 Å². The van der Waals surface area contributed by atoms with E-state index in [9.17, 15) is 4.79 Å². The first-order valence-electron chi connectivity index (χ1n) is 10.8. The van der Waals surface area contributed by atoms with Gasteiger partial charge in [-0.1, -0.05) is 63.1 Å². The Morgan fingerprint density at radius 1 is 1.16 bits per heavy atom. The van der Waals surface area contributed by atoms with Gasteiger partial charge >= 0.3 is 5.69 Å². The largest absolute Gasteiger partial charge is 0.481 e. The predicted molar refractivity (Wildman–Crippen MR) is 128 cm³/mol. The fraction of sp³-hybridized carbons (Fsp3) is 0.333. The first-order chi connectivity index (χ1) is 14.9. The van der Waals surface area contributed by atoms with Crippen LogP contribution in [0.25, 0.3) is 22.2 Å². The molecule has 0 aliphatic heterocycles. The topological polar surface area (TPSA) is 44.1 Å². The second kappa shape index (κ2) is 10.1. The molecule has 4 heteroatoms. The van der Waals surface area contributed by atoms with E-state index in [2.05, 4.69) is 49.9 Å². The molecule has 0 aliphatic carbocycles. The highest BCUT2D eigenvalue weighted by Crippen LogP contribution is 2.30. The molecule has 0 fully saturated rings. The third-order valence-electron chi connectivity index (χ3n) is 5.39. The minimum absolute atomic E-state index is 0.192. The van der Waals surface area contributed by atoms with Gasteiger partial charge < -0.3 is 4.74 Å². The zero-order valence-corrected chi connectivity index (χ0v) is 18.8. The van der Waals surface area contributed by atoms with Crippen molar-refractivity contribution in [3.05, 3.63) is 70.7 Å². The van der Waals surface area contributed by atoms with Crippen molar-refractivity contribution < 1.29 is 4.74 Å². The average molecular weight is 415 g/mol. The van der Waals surface area contributed by atoms with Crippen LogP contribution < -0.4 is 10.4 Å². The van der Waals surface area contributed by atoms with Crippen LogP contribution in [0.5, 0.6) is 5.75 Å². The maximum Gasteiger partial charge on any atom is 0.348 e. The predicted octanol–water partition coefficient (Wildman–Crippen LogP) is 5.80. The van der Waals surface area contributed by atoms with Crippen molar-refractivity contribution in [2.75, 3.05) is 6.61 Å². The lowest BCUT2D eigenvalue weighted by Gasteiger charge is -2.17. The summed E-state index contributed by atoms with van der Waals surface area (Å²) in [6, 6.07) is 14.0. The van der Waals surface area contributed by atoms with Crippen LogP contribution in [0.3, 0.4) is 0 Å². The van der Waals surface area contributed by atoms with E-state index in [-0.39, 0.29) is 12.3 Å². The van der Waals surface area contributed by atoms with E-state index in [1.165, 1.54) is 5.56 Å². The SMILES string of the molecule is C#CCOc1ccc2c(c1)c(-c1ccc(C(C)C)cc1)nc(=O)n2CC(C)CC=CC. The Labute approximate surface area is 184 Å². The molecule has 1 aromatic heterocycles. The van der Waals surface area contributed by atoms with E-state index in [4.69, 9.17) is 11.2 Å². The van der Waals surface area contributed by atoms with Crippen molar-refractivity contribution in [2.24, 2.45) is 5.92 Å². The minimum atomic E-state index is -0.236. The highest BCUT2D eigenvalue weighted by Gasteiger charge is 2.15. The molecule has 0 radical (unpaired) electrons. The second-order valence-electron chi connectivity index (χ2n) is 8.21. The molecule has 1 heterocycles. The van der Waals surface area contributed by atoms with E-state index in [0.717, 1.165) is 22.9 Å². The molecule has 4 nitrogen and oxygen atoms in total. The molecule has 160 valence electrons. The van der Waals surface area contributed by atoms with E-state index in [1.54, 1.807) is 4.57 Å². The van der Waals surface area contributed by atoms with Gasteiger partial charge in [0.1, 0.15) is 12.4 Å². The number of aromatic nitrogens is 2. The Hall–Kier alpha value is -3.32. The van der Waals surface area contributed by atoms with Crippen LogP contribution in [-0.2, 0) is 6.54 Å². The van der Waals surface area contributed by atoms with Crippen molar-refractivity contribution in [2.45, 2.75) is 46.6 Å². The monoisotopic (exact) mass is 414 g/mol. The lowest BCUT2D eigenvalue weighted by atomic mass is 9.99. The van der Waals surface area contributed by atoms with Gasteiger partial charge in [-0.25, -0.2) is 4.79 Å². The van der Waals surface area contributed by atoms with Crippen LogP contribution in [0.4, 0.5) is 0 Å². The number of nitrogens with zero attached hydrogens (tertiary/aromatic N) is 2. The van der Waals surface area contributed by atoms with Crippen LogP contribution in [-0.4, -0.2) is 16.2 Å². The smallest absolute Gasteiger partial charge is 0.348 e. The van der Waals surface area contributed by atoms with E-state index < -0.39 is 0 Å². The van der Waals surface area contributed by atoms with Gasteiger partial charge in [-0.05, 0) is 48.9 Å². The van der Waals surface area contributed by atoms with Gasteiger partial charge in [0, 0.05) is 17.5 Å². The zero-order valence-electron chi connectivity index (χ0n) is 18.8. The van der Waals surface area contributed by atoms with Crippen molar-refractivity contribution in [3.8, 4) is 29.4 Å². The van der Waals surface area contributed by atoms with Gasteiger partial charge in [-0.3, -0.25) is 4.57 Å². The maximum atomic E-state index is 13.0. The molecule has 0 aliphatic rings. The molecule has 0 saturated carbocycles. The molecule has 31 heavy (non-hydrogen) atoms. The summed E-state index contributed by atoms with van der Waals surface area (Å²) in [4.78, 5) is 17.5. The summed E-state index contributed by atoms with van der Waals surface area (Å²) in [7, 11) is 0. The molecule has 2 aromatic carbocycles. The molecule has 0 N–H and O–H groups in total. The van der Waals surface area contributed by atoms with E-state index in [1.807, 2.05) is 43.3 Å². The number of fused-ring (bicyclic) bond motifs is 1. The van der Waals surface area contributed by atoms with Crippen LogP contribution in [0.2, 0.25) is 0 Å². The van der Waals surface area contributed by atoms with Gasteiger partial charge in [0.15, 0.2) is 0 Å². The number of benzene rings is 2. The fourth-order valence-corrected chi connectivity index (χ4v) is 3.65. The van der Waals surface area contributed by atoms with Crippen LogP contribution >= 0.6 is 0 Å². The summed E-state index contributed by atoms with van der Waals surface area (Å²) < 4.78 is 7.41. The number of terminal acetylenes is 1. The van der Waals surface area contributed by atoms with Crippen molar-refractivity contribution in [1.82, 2.24) is 9.55 Å². The summed E-state index contributed by atoms with van der Waals surface area (Å²) in [5.74, 6) is 3.91. The van der Waals surface area contributed by atoms with Crippen LogP contribution in [0.1, 0.15) is 45.6 Å². The fourth-order valence-electron chi connectivity index (χ4n) is 3.65. The van der Waals surface area contributed by atoms with Gasteiger partial charge in [-0.2, -0.15) is 4.98 Å². The van der Waals surface area contributed by atoms with E-state index >= 15 is 0 Å². The Morgan fingerprint density at radius 3 is 2.55 bits per heavy atom. The lowest BCUT2D eigenvalue weighted by molar-refractivity contribution is 0.371. The molecule has 1 atom stereocenters. The minimum Gasteiger partial charge on any atom is -0.481 e. The molecular weight excluding hydrogens is 384 g/mol. The second-order valence-corrected chi connectivity index (χ2v) is 8.21. The third-order valence-corrected chi connectivity index (χ3v) is 5.39. The molecular formula is C27H30N2O2. The Morgan fingerprint density at radius 2 is 1.90 bits per heavy atom. The highest BCUT2D eigenvalue weighted by atomic mass is 16.5. The summed E-state index contributed by atoms with van der Waals surface area (Å²) >= 11 is 0. The maximum absolute atomic E-state index is 13.0. The van der Waals surface area contributed by atoms with Gasteiger partial charge in [0.25, 0.3) is 0 Å². The van der Waals surface area contributed by atoms with Crippen LogP contribution in [0, 0.1) is 18.3 Å². The summed E-state index contributed by atoms with van der Waals surface area (Å²) in [5, 5.41) is 0.879. The molecule has 3 aromatic rings. The number of hydrogen-bond acceptors (Lipinski definition) is 3. The Balaban J connectivity index is 2.15. The molecule has 0 bridgehead atoms. The number of ether oxygens (including phenoxy) is 1. The first kappa shape index (κ1) is 22.4. The van der Waals surface area contributed by atoms with Gasteiger partial charge in [0.2, 0.25) is 0 Å². The van der Waals surface area contributed by atoms with Crippen LogP contribution in [0.15, 0.2) is 59.4 Å². The zero-order chi connectivity index (χ0) is 22.4. The highest BCUT2D eigenvalue weighted by molar-refractivity contribution is 5.93. The average Bonchev–Trinajstić information content (AvgIpc) is 2.77. The molecule has 3 rings (SSSR count). The molecule has 0 saturated heterocycles. The van der Waals surface area contributed by atoms with Gasteiger partial charge in [-0.15, -0.1) is 6.42 Å². The quantitative estimate of drug-likeness (QED) is 0.346. The summed E-state index contributed by atoms with van der Waals surface area (Å²) in [6.07, 6.45) is 10.4. The molecule has 1 unspecified atom stereocenters.